The van der Waals surface area contributed by atoms with Crippen LogP contribution in [-0.4, -0.2) is 23.5 Å². The zero-order valence-corrected chi connectivity index (χ0v) is 13.7. The highest BCUT2D eigenvalue weighted by Crippen LogP contribution is 2.34. The van der Waals surface area contributed by atoms with Crippen molar-refractivity contribution in [2.75, 3.05) is 11.5 Å². The fraction of sp³-hybridized carbons (Fsp3) is 0.412. The summed E-state index contributed by atoms with van der Waals surface area (Å²) in [5.41, 5.74) is 2.16. The molecule has 0 bridgehead atoms. The normalized spacial score (nSPS) is 17.3. The molecule has 0 aromatic carbocycles. The molecule has 1 aliphatic rings. The largest absolute Gasteiger partial charge is 0.372 e. The Morgan fingerprint density at radius 3 is 3.09 bits per heavy atom. The molecule has 0 spiro atoms. The molecule has 3 rings (SSSR count). The summed E-state index contributed by atoms with van der Waals surface area (Å²) in [5, 5.41) is 2.08. The number of anilines is 1. The molecule has 5 heteroatoms. The van der Waals surface area contributed by atoms with Gasteiger partial charge in [-0.3, -0.25) is 9.78 Å². The highest BCUT2D eigenvalue weighted by molar-refractivity contribution is 7.10. The first kappa shape index (κ1) is 15.2. The van der Waals surface area contributed by atoms with Crippen LogP contribution >= 0.6 is 11.3 Å². The Kier molecular flexibility index (Phi) is 4.55. The van der Waals surface area contributed by atoms with E-state index in [1.165, 1.54) is 10.4 Å². The molecule has 22 heavy (non-hydrogen) atoms. The Morgan fingerprint density at radius 1 is 1.50 bits per heavy atom. The third-order valence-corrected chi connectivity index (χ3v) is 4.88. The lowest BCUT2D eigenvalue weighted by atomic mass is 10.0. The minimum Gasteiger partial charge on any atom is -0.372 e. The summed E-state index contributed by atoms with van der Waals surface area (Å²) in [5.74, 6) is 0.0780. The summed E-state index contributed by atoms with van der Waals surface area (Å²) in [4.78, 5) is 19.9. The van der Waals surface area contributed by atoms with Gasteiger partial charge in [0.25, 0.3) is 0 Å². The van der Waals surface area contributed by atoms with Gasteiger partial charge >= 0.3 is 0 Å². The van der Waals surface area contributed by atoms with Crippen LogP contribution in [0.25, 0.3) is 0 Å². The molecule has 0 radical (unpaired) electrons. The Bertz CT molecular complexity index is 639. The second-order valence-corrected chi connectivity index (χ2v) is 6.64. The van der Waals surface area contributed by atoms with Gasteiger partial charge in [-0.1, -0.05) is 0 Å². The van der Waals surface area contributed by atoms with Crippen LogP contribution in [0.15, 0.2) is 36.0 Å². The molecule has 4 nitrogen and oxygen atoms in total. The predicted octanol–water partition coefficient (Wildman–Crippen LogP) is 3.59. The van der Waals surface area contributed by atoms with E-state index in [9.17, 15) is 4.79 Å². The molecule has 0 N–H and O–H groups in total. The third-order valence-electron chi connectivity index (χ3n) is 3.83. The van der Waals surface area contributed by atoms with Gasteiger partial charge in [0.2, 0.25) is 5.91 Å². The topological polar surface area (TPSA) is 42.4 Å². The van der Waals surface area contributed by atoms with Crippen LogP contribution in [-0.2, 0) is 16.0 Å². The molecule has 0 saturated heterocycles. The fourth-order valence-corrected chi connectivity index (χ4v) is 3.86. The molecule has 3 heterocycles. The van der Waals surface area contributed by atoms with Gasteiger partial charge in [-0.25, -0.2) is 0 Å². The van der Waals surface area contributed by atoms with Crippen molar-refractivity contribution in [1.82, 2.24) is 4.98 Å². The van der Waals surface area contributed by atoms with Crippen LogP contribution in [0.1, 0.15) is 36.8 Å². The molecular weight excluding hydrogens is 296 g/mol. The van der Waals surface area contributed by atoms with E-state index in [4.69, 9.17) is 4.74 Å². The molecular formula is C17H20N2O2S. The lowest BCUT2D eigenvalue weighted by Crippen LogP contribution is -2.38. The smallest absolute Gasteiger partial charge is 0.230 e. The lowest BCUT2D eigenvalue weighted by molar-refractivity contribution is -0.122. The predicted molar refractivity (Wildman–Crippen MR) is 88.2 cm³/mol. The summed E-state index contributed by atoms with van der Waals surface area (Å²) in [7, 11) is 0. The maximum atomic E-state index is 12.8. The summed E-state index contributed by atoms with van der Waals surface area (Å²) in [6.07, 6.45) is 4.65. The van der Waals surface area contributed by atoms with E-state index >= 15 is 0 Å². The van der Waals surface area contributed by atoms with E-state index in [-0.39, 0.29) is 18.1 Å². The average Bonchev–Trinajstić information content (AvgIpc) is 2.97. The van der Waals surface area contributed by atoms with E-state index < -0.39 is 0 Å². The van der Waals surface area contributed by atoms with Crippen LogP contribution in [0, 0.1) is 0 Å². The van der Waals surface area contributed by atoms with Crippen LogP contribution in [0.4, 0.5) is 5.69 Å². The summed E-state index contributed by atoms with van der Waals surface area (Å²) in [6, 6.07) is 6.00. The second-order valence-electron chi connectivity index (χ2n) is 5.69. The highest BCUT2D eigenvalue weighted by atomic mass is 32.1. The molecule has 0 aliphatic carbocycles. The molecule has 116 valence electrons. The zero-order chi connectivity index (χ0) is 15.5. The number of nitrogens with zero attached hydrogens (tertiary/aromatic N) is 2. The van der Waals surface area contributed by atoms with Crippen molar-refractivity contribution in [2.24, 2.45) is 0 Å². The van der Waals surface area contributed by atoms with Crippen molar-refractivity contribution in [3.63, 3.8) is 0 Å². The minimum atomic E-state index is -0.117. The summed E-state index contributed by atoms with van der Waals surface area (Å²) < 4.78 is 5.85. The third kappa shape index (κ3) is 3.05. The lowest BCUT2D eigenvalue weighted by Gasteiger charge is -2.29. The Morgan fingerprint density at radius 2 is 2.36 bits per heavy atom. The van der Waals surface area contributed by atoms with Crippen molar-refractivity contribution in [3.8, 4) is 0 Å². The van der Waals surface area contributed by atoms with Crippen LogP contribution in [0.3, 0.4) is 0 Å². The number of carbonyl (C=O) groups is 1. The SMILES string of the molecule is CC(C)N(C(=O)CC1OCCc2ccsc21)c1cccnc1. The van der Waals surface area contributed by atoms with Gasteiger partial charge in [-0.15, -0.1) is 11.3 Å². The van der Waals surface area contributed by atoms with Crippen molar-refractivity contribution in [3.05, 3.63) is 46.4 Å². The Balaban J connectivity index is 1.79. The van der Waals surface area contributed by atoms with Gasteiger partial charge in [0.1, 0.15) is 6.10 Å². The quantitative estimate of drug-likeness (QED) is 0.865. The molecule has 0 fully saturated rings. The average molecular weight is 316 g/mol. The molecule has 1 aliphatic heterocycles. The van der Waals surface area contributed by atoms with Gasteiger partial charge in [-0.2, -0.15) is 0 Å². The minimum absolute atomic E-state index is 0.0780. The zero-order valence-electron chi connectivity index (χ0n) is 12.9. The molecule has 2 aromatic rings. The monoisotopic (exact) mass is 316 g/mol. The first-order chi connectivity index (χ1) is 10.7. The van der Waals surface area contributed by atoms with Crippen molar-refractivity contribution >= 4 is 22.9 Å². The van der Waals surface area contributed by atoms with E-state index in [1.807, 2.05) is 26.0 Å². The van der Waals surface area contributed by atoms with Gasteiger partial charge in [0, 0.05) is 17.1 Å². The first-order valence-electron chi connectivity index (χ1n) is 7.56. The second kappa shape index (κ2) is 6.58. The van der Waals surface area contributed by atoms with Gasteiger partial charge in [-0.05, 0) is 49.4 Å². The fourth-order valence-electron chi connectivity index (χ4n) is 2.86. The number of pyridine rings is 1. The summed E-state index contributed by atoms with van der Waals surface area (Å²) >= 11 is 1.68. The van der Waals surface area contributed by atoms with Gasteiger partial charge < -0.3 is 9.64 Å². The van der Waals surface area contributed by atoms with E-state index in [0.717, 1.165) is 12.1 Å². The Labute approximate surface area is 134 Å². The van der Waals surface area contributed by atoms with Gasteiger partial charge in [0.15, 0.2) is 0 Å². The molecule has 2 aromatic heterocycles. The van der Waals surface area contributed by atoms with E-state index in [0.29, 0.717) is 13.0 Å². The highest BCUT2D eigenvalue weighted by Gasteiger charge is 2.28. The van der Waals surface area contributed by atoms with Gasteiger partial charge in [0.05, 0.1) is 24.9 Å². The standard InChI is InChI=1S/C17H20N2O2S/c1-12(2)19(14-4-3-7-18-11-14)16(20)10-15-17-13(5-8-21-15)6-9-22-17/h3-4,6-7,9,11-12,15H,5,8,10H2,1-2H3. The number of hydrogen-bond acceptors (Lipinski definition) is 4. The van der Waals surface area contributed by atoms with E-state index in [2.05, 4.69) is 16.4 Å². The first-order valence-corrected chi connectivity index (χ1v) is 8.44. The van der Waals surface area contributed by atoms with Crippen molar-refractivity contribution in [1.29, 1.82) is 0 Å². The number of fused-ring (bicyclic) bond motifs is 1. The van der Waals surface area contributed by atoms with Crippen LogP contribution < -0.4 is 4.90 Å². The Hall–Kier alpha value is -1.72. The van der Waals surface area contributed by atoms with Crippen molar-refractivity contribution in [2.45, 2.75) is 38.8 Å². The number of aromatic nitrogens is 1. The number of amides is 1. The maximum Gasteiger partial charge on any atom is 0.230 e. The number of ether oxygens (including phenoxy) is 1. The number of rotatable bonds is 4. The number of thiophene rings is 1. The van der Waals surface area contributed by atoms with Crippen molar-refractivity contribution < 1.29 is 9.53 Å². The number of carbonyl (C=O) groups excluding carboxylic acids is 1. The maximum absolute atomic E-state index is 12.8. The molecule has 1 atom stereocenters. The van der Waals surface area contributed by atoms with E-state index in [1.54, 1.807) is 28.6 Å². The van der Waals surface area contributed by atoms with Crippen LogP contribution in [0.5, 0.6) is 0 Å². The summed E-state index contributed by atoms with van der Waals surface area (Å²) in [6.45, 7) is 4.72. The molecule has 1 unspecified atom stereocenters. The molecule has 1 amide bonds. The molecule has 0 saturated carbocycles. The number of hydrogen-bond donors (Lipinski definition) is 0. The van der Waals surface area contributed by atoms with Crippen LogP contribution in [0.2, 0.25) is 0 Å².